The fraction of sp³-hybridized carbons (Fsp3) is 0.227. The topological polar surface area (TPSA) is 72.9 Å². The zero-order valence-electron chi connectivity index (χ0n) is 16.8. The van der Waals surface area contributed by atoms with Crippen molar-refractivity contribution in [2.75, 3.05) is 10.6 Å². The minimum Gasteiger partial charge on any atom is -0.269 e. The van der Waals surface area contributed by atoms with Gasteiger partial charge in [0, 0.05) is 17.3 Å². The number of hydrogen-bond acceptors (Lipinski definition) is 4. The monoisotopic (exact) mass is 442 g/mol. The molecule has 1 aromatic heterocycles. The third-order valence-electron chi connectivity index (χ3n) is 4.99. The number of fused-ring (bicyclic) bond motifs is 1. The van der Waals surface area contributed by atoms with Crippen LogP contribution in [0.5, 0.6) is 0 Å². The number of anilines is 2. The molecule has 3 aromatic rings. The minimum atomic E-state index is -0.441. The van der Waals surface area contributed by atoms with Crippen molar-refractivity contribution in [1.29, 1.82) is 0 Å². The molecule has 8 heteroatoms. The molecular formula is C22H22Cl2N5O+. The van der Waals surface area contributed by atoms with Crippen LogP contribution < -0.4 is 21.2 Å². The first-order chi connectivity index (χ1) is 14.3. The van der Waals surface area contributed by atoms with E-state index in [0.717, 1.165) is 5.56 Å². The predicted octanol–water partition coefficient (Wildman–Crippen LogP) is 3.50. The molecular weight excluding hydrogens is 421 g/mol. The van der Waals surface area contributed by atoms with Gasteiger partial charge in [-0.15, -0.1) is 0 Å². The molecule has 3 N–H and O–H groups in total. The van der Waals surface area contributed by atoms with Crippen molar-refractivity contribution in [3.63, 3.8) is 0 Å². The first-order valence-corrected chi connectivity index (χ1v) is 10.4. The van der Waals surface area contributed by atoms with Crippen molar-refractivity contribution in [2.45, 2.75) is 32.9 Å². The van der Waals surface area contributed by atoms with Crippen LogP contribution in [0.4, 0.5) is 11.6 Å². The predicted molar refractivity (Wildman–Crippen MR) is 122 cm³/mol. The molecule has 1 aliphatic heterocycles. The van der Waals surface area contributed by atoms with Gasteiger partial charge in [-0.1, -0.05) is 67.4 Å². The van der Waals surface area contributed by atoms with Gasteiger partial charge in [-0.05, 0) is 30.5 Å². The highest BCUT2D eigenvalue weighted by atomic mass is 35.5. The number of aromatic nitrogens is 2. The number of aryl methyl sites for hydroxylation is 1. The fourth-order valence-corrected chi connectivity index (χ4v) is 3.74. The van der Waals surface area contributed by atoms with Crippen LogP contribution in [0, 0.1) is 6.92 Å². The molecule has 0 saturated heterocycles. The van der Waals surface area contributed by atoms with Crippen LogP contribution in [0.1, 0.15) is 42.8 Å². The Hall–Kier alpha value is -2.83. The zero-order valence-corrected chi connectivity index (χ0v) is 18.3. The van der Waals surface area contributed by atoms with Gasteiger partial charge in [-0.2, -0.15) is 0 Å². The van der Waals surface area contributed by atoms with E-state index in [2.05, 4.69) is 46.6 Å². The molecule has 1 aliphatic rings. The van der Waals surface area contributed by atoms with E-state index < -0.39 is 6.17 Å². The average Bonchev–Trinajstić information content (AvgIpc) is 2.70. The summed E-state index contributed by atoms with van der Waals surface area (Å²) in [5.74, 6) is 1.42. The Kier molecular flexibility index (Phi) is 5.54. The maximum absolute atomic E-state index is 12.8. The summed E-state index contributed by atoms with van der Waals surface area (Å²) in [6.07, 6.45) is -0.441. The quantitative estimate of drug-likeness (QED) is 0.580. The normalized spacial score (nSPS) is 15.4. The number of hydrogen-bond donors (Lipinski definition) is 3. The highest BCUT2D eigenvalue weighted by Gasteiger charge is 2.29. The lowest BCUT2D eigenvalue weighted by atomic mass is 10.0. The van der Waals surface area contributed by atoms with Crippen LogP contribution in [0.25, 0.3) is 0 Å². The second-order valence-electron chi connectivity index (χ2n) is 7.52. The van der Waals surface area contributed by atoms with Crippen LogP contribution in [0.3, 0.4) is 0 Å². The van der Waals surface area contributed by atoms with Gasteiger partial charge < -0.3 is 0 Å². The van der Waals surface area contributed by atoms with E-state index in [9.17, 15) is 4.79 Å². The van der Waals surface area contributed by atoms with Crippen LogP contribution in [-0.4, -0.2) is 15.5 Å². The van der Waals surface area contributed by atoms with Crippen molar-refractivity contribution in [3.05, 3.63) is 85.8 Å². The van der Waals surface area contributed by atoms with E-state index in [1.54, 1.807) is 17.6 Å². The van der Waals surface area contributed by atoms with Crippen LogP contribution in [0.2, 0.25) is 10.0 Å². The number of nitrogens with zero attached hydrogens (tertiary/aromatic N) is 2. The van der Waals surface area contributed by atoms with Crippen molar-refractivity contribution < 1.29 is 4.99 Å². The molecule has 0 fully saturated rings. The second-order valence-corrected chi connectivity index (χ2v) is 8.31. The molecule has 2 aromatic carbocycles. The molecule has 0 spiro atoms. The first kappa shape index (κ1) is 20.4. The van der Waals surface area contributed by atoms with Crippen LogP contribution >= 0.6 is 23.2 Å². The molecule has 0 unspecified atom stereocenters. The maximum atomic E-state index is 12.8. The van der Waals surface area contributed by atoms with Gasteiger partial charge >= 0.3 is 5.96 Å². The first-order valence-electron chi connectivity index (χ1n) is 9.65. The zero-order chi connectivity index (χ0) is 21.4. The number of benzene rings is 2. The van der Waals surface area contributed by atoms with Gasteiger partial charge in [0.2, 0.25) is 0 Å². The van der Waals surface area contributed by atoms with Crippen molar-refractivity contribution in [2.24, 2.45) is 0 Å². The Morgan fingerprint density at radius 3 is 2.60 bits per heavy atom. The highest BCUT2D eigenvalue weighted by molar-refractivity contribution is 6.44. The highest BCUT2D eigenvalue weighted by Crippen LogP contribution is 2.29. The SMILES string of the molecule is Cc1cc(=O)n2c(n1)NC(Nc1cccc(Cl)c1Cl)=[NH+][C@H]2c1ccc(C(C)C)cc1. The largest absolute Gasteiger partial charge is 0.357 e. The Balaban J connectivity index is 1.79. The number of guanidine groups is 1. The van der Waals surface area contributed by atoms with Crippen molar-refractivity contribution in [1.82, 2.24) is 9.55 Å². The lowest BCUT2D eigenvalue weighted by Gasteiger charge is -2.23. The van der Waals surface area contributed by atoms with E-state index in [-0.39, 0.29) is 5.56 Å². The molecule has 0 bridgehead atoms. The molecule has 2 heterocycles. The third-order valence-corrected chi connectivity index (χ3v) is 5.81. The van der Waals surface area contributed by atoms with E-state index in [1.165, 1.54) is 11.6 Å². The third kappa shape index (κ3) is 3.93. The average molecular weight is 443 g/mol. The smallest absolute Gasteiger partial charge is 0.269 e. The molecule has 0 radical (unpaired) electrons. The van der Waals surface area contributed by atoms with Crippen molar-refractivity contribution in [3.8, 4) is 0 Å². The van der Waals surface area contributed by atoms with Crippen LogP contribution in [-0.2, 0) is 0 Å². The number of halogens is 2. The summed E-state index contributed by atoms with van der Waals surface area (Å²) >= 11 is 12.5. The van der Waals surface area contributed by atoms with Gasteiger partial charge in [0.05, 0.1) is 10.0 Å². The summed E-state index contributed by atoms with van der Waals surface area (Å²) in [7, 11) is 0. The van der Waals surface area contributed by atoms with E-state index >= 15 is 0 Å². The van der Waals surface area contributed by atoms with Gasteiger partial charge in [-0.3, -0.25) is 9.79 Å². The summed E-state index contributed by atoms with van der Waals surface area (Å²) < 4.78 is 1.60. The lowest BCUT2D eigenvalue weighted by molar-refractivity contribution is -0.520. The molecule has 0 aliphatic carbocycles. The fourth-order valence-electron chi connectivity index (χ4n) is 3.39. The molecule has 154 valence electrons. The summed E-state index contributed by atoms with van der Waals surface area (Å²) in [6.45, 7) is 6.09. The summed E-state index contributed by atoms with van der Waals surface area (Å²) in [5, 5.41) is 7.23. The van der Waals surface area contributed by atoms with E-state index in [0.29, 0.717) is 39.3 Å². The molecule has 0 amide bonds. The lowest BCUT2D eigenvalue weighted by Crippen LogP contribution is -2.82. The Morgan fingerprint density at radius 2 is 1.90 bits per heavy atom. The van der Waals surface area contributed by atoms with Gasteiger partial charge in [0.1, 0.15) is 5.69 Å². The standard InChI is InChI=1S/C22H21Cl2N5O/c1-12(2)14-7-9-15(10-8-14)20-27-21(26-17-6-4-5-16(23)19(17)24)28-22-25-13(3)11-18(30)29(20)22/h4-12,20H,1-3H3,(H2,25,26,27,28)/p+1/t20-/m1/s1. The molecule has 30 heavy (non-hydrogen) atoms. The summed E-state index contributed by atoms with van der Waals surface area (Å²) in [6, 6.07) is 15.1. The summed E-state index contributed by atoms with van der Waals surface area (Å²) in [4.78, 5) is 20.6. The molecule has 1 atom stereocenters. The number of nitrogens with one attached hydrogen (secondary N) is 3. The molecule has 4 rings (SSSR count). The minimum absolute atomic E-state index is 0.143. The number of rotatable bonds is 3. The maximum Gasteiger partial charge on any atom is 0.357 e. The summed E-state index contributed by atoms with van der Waals surface area (Å²) in [5.41, 5.74) is 3.29. The van der Waals surface area contributed by atoms with Crippen molar-refractivity contribution >= 4 is 40.8 Å². The van der Waals surface area contributed by atoms with Gasteiger partial charge in [0.15, 0.2) is 6.17 Å². The van der Waals surface area contributed by atoms with E-state index in [1.807, 2.05) is 24.3 Å². The van der Waals surface area contributed by atoms with E-state index in [4.69, 9.17) is 23.2 Å². The van der Waals surface area contributed by atoms with Gasteiger partial charge in [0.25, 0.3) is 11.5 Å². The van der Waals surface area contributed by atoms with Crippen LogP contribution in [0.15, 0.2) is 53.3 Å². The Morgan fingerprint density at radius 1 is 1.17 bits per heavy atom. The Labute approximate surface area is 184 Å². The Bertz CT molecular complexity index is 1190. The second kappa shape index (κ2) is 8.13. The van der Waals surface area contributed by atoms with Gasteiger partial charge in [-0.25, -0.2) is 20.2 Å². The molecule has 6 nitrogen and oxygen atoms in total. The molecule has 0 saturated carbocycles.